The van der Waals surface area contributed by atoms with Gasteiger partial charge >= 0.3 is 0 Å². The molecule has 0 fully saturated rings. The second-order valence-electron chi connectivity index (χ2n) is 3.91. The lowest BCUT2D eigenvalue weighted by molar-refractivity contribution is 0.414. The Hall–Kier alpha value is -2.14. The highest BCUT2D eigenvalue weighted by molar-refractivity contribution is 5.28. The minimum Gasteiger partial charge on any atom is -0.497 e. The van der Waals surface area contributed by atoms with Crippen LogP contribution in [0.4, 0.5) is 0 Å². The van der Waals surface area contributed by atoms with Gasteiger partial charge in [0.05, 0.1) is 12.8 Å². The number of aromatic nitrogens is 2. The van der Waals surface area contributed by atoms with Gasteiger partial charge in [-0.1, -0.05) is 12.1 Å². The first-order valence-electron chi connectivity index (χ1n) is 5.63. The lowest BCUT2D eigenvalue weighted by atomic mass is 10.1. The summed E-state index contributed by atoms with van der Waals surface area (Å²) in [6.07, 6.45) is 0.563. The molecule has 3 N–H and O–H groups in total. The molecule has 0 spiro atoms. The summed E-state index contributed by atoms with van der Waals surface area (Å²) < 4.78 is 5.09. The van der Waals surface area contributed by atoms with Crippen molar-refractivity contribution in [2.45, 2.75) is 13.0 Å². The number of rotatable bonds is 4. The van der Waals surface area contributed by atoms with Gasteiger partial charge in [-0.15, -0.1) is 0 Å². The Labute approximate surface area is 105 Å². The van der Waals surface area contributed by atoms with Crippen LogP contribution in [-0.2, 0) is 13.0 Å². The van der Waals surface area contributed by atoms with Crippen molar-refractivity contribution in [3.05, 3.63) is 57.8 Å². The van der Waals surface area contributed by atoms with Crippen molar-refractivity contribution in [2.24, 2.45) is 5.73 Å². The van der Waals surface area contributed by atoms with Crippen LogP contribution in [0.1, 0.15) is 17.1 Å². The molecular formula is C13H15N3O2. The molecule has 5 nitrogen and oxygen atoms in total. The van der Waals surface area contributed by atoms with Gasteiger partial charge in [-0.25, -0.2) is 4.98 Å². The number of benzene rings is 1. The average Bonchev–Trinajstić information content (AvgIpc) is 2.39. The largest absolute Gasteiger partial charge is 0.497 e. The van der Waals surface area contributed by atoms with E-state index in [4.69, 9.17) is 10.5 Å². The molecule has 0 amide bonds. The fourth-order valence-electron chi connectivity index (χ4n) is 1.69. The van der Waals surface area contributed by atoms with Crippen LogP contribution in [-0.4, -0.2) is 17.1 Å². The van der Waals surface area contributed by atoms with E-state index in [0.29, 0.717) is 17.9 Å². The molecule has 94 valence electrons. The highest BCUT2D eigenvalue weighted by atomic mass is 16.5. The Kier molecular flexibility index (Phi) is 3.74. The molecule has 0 bridgehead atoms. The van der Waals surface area contributed by atoms with Crippen molar-refractivity contribution < 1.29 is 4.74 Å². The molecule has 1 aromatic heterocycles. The normalized spacial score (nSPS) is 10.3. The van der Waals surface area contributed by atoms with E-state index in [9.17, 15) is 4.79 Å². The van der Waals surface area contributed by atoms with Crippen LogP contribution in [0.2, 0.25) is 0 Å². The van der Waals surface area contributed by atoms with Gasteiger partial charge in [0, 0.05) is 19.0 Å². The van der Waals surface area contributed by atoms with Gasteiger partial charge in [-0.2, -0.15) is 0 Å². The zero-order chi connectivity index (χ0) is 13.0. The molecular weight excluding hydrogens is 230 g/mol. The Morgan fingerprint density at radius 3 is 2.67 bits per heavy atom. The number of ether oxygens (including phenoxy) is 1. The Morgan fingerprint density at radius 1 is 1.33 bits per heavy atom. The molecule has 5 heteroatoms. The minimum atomic E-state index is -0.172. The summed E-state index contributed by atoms with van der Waals surface area (Å²) in [5, 5.41) is 0. The van der Waals surface area contributed by atoms with Crippen LogP contribution < -0.4 is 16.0 Å². The van der Waals surface area contributed by atoms with E-state index >= 15 is 0 Å². The summed E-state index contributed by atoms with van der Waals surface area (Å²) in [7, 11) is 1.62. The van der Waals surface area contributed by atoms with Gasteiger partial charge in [0.15, 0.2) is 0 Å². The molecule has 0 aliphatic heterocycles. The number of methoxy groups -OCH3 is 1. The molecule has 1 heterocycles. The number of nitrogens with one attached hydrogen (secondary N) is 1. The van der Waals surface area contributed by atoms with Gasteiger partial charge in [0.25, 0.3) is 5.56 Å². The molecule has 0 atom stereocenters. The molecule has 18 heavy (non-hydrogen) atoms. The van der Waals surface area contributed by atoms with Gasteiger partial charge in [-0.3, -0.25) is 4.79 Å². The third-order valence-electron chi connectivity index (χ3n) is 2.58. The van der Waals surface area contributed by atoms with Crippen molar-refractivity contribution in [1.29, 1.82) is 0 Å². The predicted molar refractivity (Wildman–Crippen MR) is 68.5 cm³/mol. The highest BCUT2D eigenvalue weighted by Gasteiger charge is 2.02. The van der Waals surface area contributed by atoms with E-state index in [-0.39, 0.29) is 12.1 Å². The summed E-state index contributed by atoms with van der Waals surface area (Å²) in [4.78, 5) is 18.4. The first-order valence-corrected chi connectivity index (χ1v) is 5.63. The zero-order valence-electron chi connectivity index (χ0n) is 10.1. The summed E-state index contributed by atoms with van der Waals surface area (Å²) in [5.74, 6) is 1.42. The second-order valence-corrected chi connectivity index (χ2v) is 3.91. The Bertz CT molecular complexity index is 576. The minimum absolute atomic E-state index is 0.172. The van der Waals surface area contributed by atoms with Crippen molar-refractivity contribution in [2.75, 3.05) is 7.11 Å². The first kappa shape index (κ1) is 12.3. The summed E-state index contributed by atoms with van der Waals surface area (Å²) in [5.41, 5.74) is 6.96. The molecule has 0 saturated carbocycles. The molecule has 0 unspecified atom stereocenters. The van der Waals surface area contributed by atoms with Gasteiger partial charge in [0.2, 0.25) is 0 Å². The van der Waals surface area contributed by atoms with E-state index in [2.05, 4.69) is 9.97 Å². The quantitative estimate of drug-likeness (QED) is 0.836. The van der Waals surface area contributed by atoms with Gasteiger partial charge < -0.3 is 15.5 Å². The smallest absolute Gasteiger partial charge is 0.251 e. The fourth-order valence-corrected chi connectivity index (χ4v) is 1.69. The highest BCUT2D eigenvalue weighted by Crippen LogP contribution is 2.13. The van der Waals surface area contributed by atoms with E-state index in [1.165, 1.54) is 6.07 Å². The zero-order valence-corrected chi connectivity index (χ0v) is 10.1. The maximum atomic E-state index is 11.4. The standard InChI is InChI=1S/C13H15N3O2/c1-18-11-4-2-9(3-5-11)6-12-15-10(8-14)7-13(17)16-12/h2-5,7H,6,8,14H2,1H3,(H,15,16,17). The van der Waals surface area contributed by atoms with Crippen molar-refractivity contribution in [3.8, 4) is 5.75 Å². The Morgan fingerprint density at radius 2 is 2.06 bits per heavy atom. The maximum absolute atomic E-state index is 11.4. The van der Waals surface area contributed by atoms with Crippen LogP contribution in [0.3, 0.4) is 0 Å². The van der Waals surface area contributed by atoms with Crippen molar-refractivity contribution in [3.63, 3.8) is 0 Å². The van der Waals surface area contributed by atoms with Gasteiger partial charge in [-0.05, 0) is 17.7 Å². The molecule has 0 saturated heterocycles. The monoisotopic (exact) mass is 245 g/mol. The first-order chi connectivity index (χ1) is 8.71. The molecule has 0 aliphatic carbocycles. The molecule has 2 aromatic rings. The number of aromatic amines is 1. The SMILES string of the molecule is COc1ccc(Cc2nc(CN)cc(=O)[nH]2)cc1. The number of hydrogen-bond acceptors (Lipinski definition) is 4. The van der Waals surface area contributed by atoms with Crippen LogP contribution in [0, 0.1) is 0 Å². The van der Waals surface area contributed by atoms with Crippen LogP contribution in [0.15, 0.2) is 35.1 Å². The summed E-state index contributed by atoms with van der Waals surface area (Å²) in [6.45, 7) is 0.263. The fraction of sp³-hybridized carbons (Fsp3) is 0.231. The number of hydrogen-bond donors (Lipinski definition) is 2. The lowest BCUT2D eigenvalue weighted by Crippen LogP contribution is -2.15. The van der Waals surface area contributed by atoms with Gasteiger partial charge in [0.1, 0.15) is 11.6 Å². The third-order valence-corrected chi connectivity index (χ3v) is 2.58. The summed E-state index contributed by atoms with van der Waals surface area (Å²) >= 11 is 0. The van der Waals surface area contributed by atoms with E-state index in [0.717, 1.165) is 11.3 Å². The van der Waals surface area contributed by atoms with Crippen LogP contribution in [0.5, 0.6) is 5.75 Å². The third kappa shape index (κ3) is 2.95. The lowest BCUT2D eigenvalue weighted by Gasteiger charge is -2.04. The predicted octanol–water partition coefficient (Wildman–Crippen LogP) is 0.828. The second kappa shape index (κ2) is 5.46. The molecule has 1 aromatic carbocycles. The molecule has 0 radical (unpaired) electrons. The number of H-pyrrole nitrogens is 1. The maximum Gasteiger partial charge on any atom is 0.251 e. The van der Waals surface area contributed by atoms with Crippen molar-refractivity contribution >= 4 is 0 Å². The topological polar surface area (TPSA) is 81.0 Å². The molecule has 0 aliphatic rings. The van der Waals surface area contributed by atoms with Crippen LogP contribution in [0.25, 0.3) is 0 Å². The number of nitrogens with two attached hydrogens (primary N) is 1. The van der Waals surface area contributed by atoms with E-state index in [1.807, 2.05) is 24.3 Å². The van der Waals surface area contributed by atoms with E-state index in [1.54, 1.807) is 7.11 Å². The number of nitrogens with zero attached hydrogens (tertiary/aromatic N) is 1. The average molecular weight is 245 g/mol. The molecule has 2 rings (SSSR count). The van der Waals surface area contributed by atoms with E-state index < -0.39 is 0 Å². The summed E-state index contributed by atoms with van der Waals surface area (Å²) in [6, 6.07) is 9.04. The Balaban J connectivity index is 2.22. The van der Waals surface area contributed by atoms with Crippen molar-refractivity contribution in [1.82, 2.24) is 9.97 Å². The van der Waals surface area contributed by atoms with Crippen LogP contribution >= 0.6 is 0 Å².